The molecule has 0 unspecified atom stereocenters. The van der Waals surface area contributed by atoms with Crippen LogP contribution in [0.3, 0.4) is 0 Å². The second kappa shape index (κ2) is 6.04. The van der Waals surface area contributed by atoms with Crippen LogP contribution in [0.4, 0.5) is 19.3 Å². The van der Waals surface area contributed by atoms with Crippen molar-refractivity contribution in [2.45, 2.75) is 0 Å². The van der Waals surface area contributed by atoms with Crippen molar-refractivity contribution in [1.29, 1.82) is 0 Å². The molecule has 2 rings (SSSR count). The lowest BCUT2D eigenvalue weighted by Crippen LogP contribution is -2.19. The number of nitrogens with two attached hydrogens (primary N) is 2. The number of carbonyl (C=O) groups excluding carboxylic acids is 2. The maximum Gasteiger partial charge on any atom is 0.412 e. The van der Waals surface area contributed by atoms with E-state index in [9.17, 15) is 18.4 Å². The van der Waals surface area contributed by atoms with Crippen molar-refractivity contribution in [1.82, 2.24) is 4.98 Å². The molecule has 4 N–H and O–H groups in total. The average molecular weight is 309 g/mol. The van der Waals surface area contributed by atoms with Gasteiger partial charge in [-0.2, -0.15) is 4.39 Å². The molecule has 1 amide bonds. The Hall–Kier alpha value is -3.23. The second-order valence-corrected chi connectivity index (χ2v) is 3.97. The molecule has 1 aromatic carbocycles. The highest BCUT2D eigenvalue weighted by Gasteiger charge is 2.16. The summed E-state index contributed by atoms with van der Waals surface area (Å²) < 4.78 is 36.2. The standard InChI is InChI=1S/C13H9F2N3O4/c14-10-7(16)1-2-9(11(10)15)21-6-3-4-18-8(5-6)12(19)22-13(17)20/h1-5H,16H2,(H2,17,20). The molecule has 0 saturated heterocycles. The van der Waals surface area contributed by atoms with Crippen LogP contribution in [0.15, 0.2) is 30.5 Å². The summed E-state index contributed by atoms with van der Waals surface area (Å²) in [5, 5.41) is 0. The van der Waals surface area contributed by atoms with Crippen LogP contribution in [0, 0.1) is 11.6 Å². The van der Waals surface area contributed by atoms with E-state index in [0.717, 1.165) is 24.4 Å². The summed E-state index contributed by atoms with van der Waals surface area (Å²) in [5.74, 6) is -4.11. The first-order valence-electron chi connectivity index (χ1n) is 5.77. The molecule has 0 aliphatic rings. The normalized spacial score (nSPS) is 10.1. The number of amides is 1. The number of hydrogen-bond acceptors (Lipinski definition) is 6. The summed E-state index contributed by atoms with van der Waals surface area (Å²) in [6.07, 6.45) is -0.150. The number of nitrogen functional groups attached to an aromatic ring is 1. The number of aromatic nitrogens is 1. The molecule has 1 aromatic heterocycles. The molecule has 0 atom stereocenters. The summed E-state index contributed by atoms with van der Waals surface area (Å²) in [6, 6.07) is 4.60. The van der Waals surface area contributed by atoms with Gasteiger partial charge >= 0.3 is 12.1 Å². The Balaban J connectivity index is 2.26. The van der Waals surface area contributed by atoms with E-state index in [2.05, 4.69) is 9.72 Å². The predicted molar refractivity (Wildman–Crippen MR) is 70.1 cm³/mol. The Morgan fingerprint density at radius 3 is 2.55 bits per heavy atom. The molecule has 7 nitrogen and oxygen atoms in total. The predicted octanol–water partition coefficient (Wildman–Crippen LogP) is 1.97. The van der Waals surface area contributed by atoms with Crippen LogP contribution in [-0.2, 0) is 4.74 Å². The fraction of sp³-hybridized carbons (Fsp3) is 0. The maximum atomic E-state index is 13.6. The van der Waals surface area contributed by atoms with E-state index in [4.69, 9.17) is 16.2 Å². The van der Waals surface area contributed by atoms with Crippen molar-refractivity contribution in [2.75, 3.05) is 5.73 Å². The molecule has 22 heavy (non-hydrogen) atoms. The van der Waals surface area contributed by atoms with E-state index in [1.165, 1.54) is 6.07 Å². The minimum atomic E-state index is -1.30. The maximum absolute atomic E-state index is 13.6. The molecule has 0 bridgehead atoms. The number of halogens is 2. The quantitative estimate of drug-likeness (QED) is 0.508. The van der Waals surface area contributed by atoms with E-state index in [0.29, 0.717) is 0 Å². The van der Waals surface area contributed by atoms with Gasteiger partial charge in [0.25, 0.3) is 0 Å². The molecule has 9 heteroatoms. The first-order valence-corrected chi connectivity index (χ1v) is 5.77. The Kier molecular flexibility index (Phi) is 4.16. The van der Waals surface area contributed by atoms with Crippen molar-refractivity contribution in [3.8, 4) is 11.5 Å². The van der Waals surface area contributed by atoms with Crippen molar-refractivity contribution in [2.24, 2.45) is 5.73 Å². The van der Waals surface area contributed by atoms with Gasteiger partial charge in [0.2, 0.25) is 5.82 Å². The lowest BCUT2D eigenvalue weighted by atomic mass is 10.2. The van der Waals surface area contributed by atoms with Gasteiger partial charge < -0.3 is 20.9 Å². The molecular formula is C13H9F2N3O4. The molecule has 1 heterocycles. The Morgan fingerprint density at radius 2 is 1.86 bits per heavy atom. The zero-order valence-corrected chi connectivity index (χ0v) is 10.9. The Morgan fingerprint density at radius 1 is 1.14 bits per heavy atom. The smallest absolute Gasteiger partial charge is 0.412 e. The number of anilines is 1. The lowest BCUT2D eigenvalue weighted by Gasteiger charge is -2.08. The third-order valence-corrected chi connectivity index (χ3v) is 2.44. The van der Waals surface area contributed by atoms with Gasteiger partial charge in [-0.25, -0.2) is 19.0 Å². The van der Waals surface area contributed by atoms with Gasteiger partial charge in [0, 0.05) is 12.3 Å². The fourth-order valence-corrected chi connectivity index (χ4v) is 1.48. The number of primary amides is 1. The number of carbonyl (C=O) groups is 2. The molecule has 0 saturated carbocycles. The van der Waals surface area contributed by atoms with Gasteiger partial charge in [-0.05, 0) is 18.2 Å². The second-order valence-electron chi connectivity index (χ2n) is 3.97. The highest BCUT2D eigenvalue weighted by atomic mass is 19.2. The van der Waals surface area contributed by atoms with Gasteiger partial charge in [0.05, 0.1) is 5.69 Å². The van der Waals surface area contributed by atoms with Gasteiger partial charge in [0.1, 0.15) is 5.75 Å². The SMILES string of the molecule is NC(=O)OC(=O)c1cc(Oc2ccc(N)c(F)c2F)ccn1. The third kappa shape index (κ3) is 3.26. The molecule has 0 aliphatic carbocycles. The molecule has 0 spiro atoms. The van der Waals surface area contributed by atoms with Gasteiger partial charge in [-0.15, -0.1) is 0 Å². The molecule has 2 aromatic rings. The van der Waals surface area contributed by atoms with Gasteiger partial charge in [0.15, 0.2) is 17.3 Å². The van der Waals surface area contributed by atoms with Crippen LogP contribution in [0.25, 0.3) is 0 Å². The topological polar surface area (TPSA) is 118 Å². The minimum absolute atomic E-state index is 0.0329. The van der Waals surface area contributed by atoms with E-state index < -0.39 is 29.4 Å². The van der Waals surface area contributed by atoms with Crippen molar-refractivity contribution in [3.05, 3.63) is 47.8 Å². The van der Waals surface area contributed by atoms with Crippen molar-refractivity contribution >= 4 is 17.7 Å². The third-order valence-electron chi connectivity index (χ3n) is 2.44. The van der Waals surface area contributed by atoms with Crippen LogP contribution >= 0.6 is 0 Å². The van der Waals surface area contributed by atoms with E-state index in [1.54, 1.807) is 0 Å². The minimum Gasteiger partial charge on any atom is -0.454 e. The van der Waals surface area contributed by atoms with Crippen molar-refractivity contribution < 1.29 is 27.8 Å². The van der Waals surface area contributed by atoms with Crippen LogP contribution in [0.2, 0.25) is 0 Å². The van der Waals surface area contributed by atoms with Crippen LogP contribution in [0.5, 0.6) is 11.5 Å². The largest absolute Gasteiger partial charge is 0.454 e. The fourth-order valence-electron chi connectivity index (χ4n) is 1.48. The van der Waals surface area contributed by atoms with E-state index in [-0.39, 0.29) is 17.1 Å². The summed E-state index contributed by atoms with van der Waals surface area (Å²) in [5.41, 5.74) is 9.24. The zero-order chi connectivity index (χ0) is 16.3. The highest BCUT2D eigenvalue weighted by molar-refractivity contribution is 5.94. The summed E-state index contributed by atoms with van der Waals surface area (Å²) in [4.78, 5) is 25.6. The summed E-state index contributed by atoms with van der Waals surface area (Å²) in [7, 11) is 0. The number of benzene rings is 1. The Labute approximate surface area is 122 Å². The number of ether oxygens (including phenoxy) is 2. The number of pyridine rings is 1. The number of hydrogen-bond donors (Lipinski definition) is 2. The molecular weight excluding hydrogens is 300 g/mol. The van der Waals surface area contributed by atoms with E-state index >= 15 is 0 Å². The molecule has 114 valence electrons. The van der Waals surface area contributed by atoms with Gasteiger partial charge in [-0.3, -0.25) is 0 Å². The highest BCUT2D eigenvalue weighted by Crippen LogP contribution is 2.28. The van der Waals surface area contributed by atoms with Crippen LogP contribution in [0.1, 0.15) is 10.5 Å². The number of rotatable bonds is 3. The molecule has 0 fully saturated rings. The van der Waals surface area contributed by atoms with Crippen molar-refractivity contribution in [3.63, 3.8) is 0 Å². The lowest BCUT2D eigenvalue weighted by molar-refractivity contribution is 0.0631. The Bertz CT molecular complexity index is 752. The average Bonchev–Trinajstić information content (AvgIpc) is 2.47. The molecule has 0 radical (unpaired) electrons. The number of esters is 1. The monoisotopic (exact) mass is 309 g/mol. The van der Waals surface area contributed by atoms with Gasteiger partial charge in [-0.1, -0.05) is 0 Å². The summed E-state index contributed by atoms with van der Waals surface area (Å²) >= 11 is 0. The zero-order valence-electron chi connectivity index (χ0n) is 10.9. The first-order chi connectivity index (χ1) is 10.4. The van der Waals surface area contributed by atoms with Crippen LogP contribution in [-0.4, -0.2) is 17.0 Å². The number of nitrogens with zero attached hydrogens (tertiary/aromatic N) is 1. The first kappa shape index (κ1) is 15.2. The van der Waals surface area contributed by atoms with E-state index in [1.807, 2.05) is 0 Å². The molecule has 0 aliphatic heterocycles. The van der Waals surface area contributed by atoms with Crippen LogP contribution < -0.4 is 16.2 Å². The summed E-state index contributed by atoms with van der Waals surface area (Å²) in [6.45, 7) is 0.